The van der Waals surface area contributed by atoms with Gasteiger partial charge in [0.25, 0.3) is 0 Å². The molecule has 1 amide bonds. The topological polar surface area (TPSA) is 75.9 Å². The van der Waals surface area contributed by atoms with Crippen LogP contribution in [0.15, 0.2) is 5.16 Å². The van der Waals surface area contributed by atoms with Crippen LogP contribution in [0.25, 0.3) is 0 Å². The smallest absolute Gasteiger partial charge is 0.220 e. The summed E-state index contributed by atoms with van der Waals surface area (Å²) in [5, 5.41) is 15.0. The van der Waals surface area contributed by atoms with Gasteiger partial charge < -0.3 is 10.2 Å². The van der Waals surface area contributed by atoms with Crippen LogP contribution in [0.2, 0.25) is 0 Å². The summed E-state index contributed by atoms with van der Waals surface area (Å²) in [5.74, 6) is 0.925. The van der Waals surface area contributed by atoms with Crippen LogP contribution in [-0.4, -0.2) is 62.9 Å². The number of carbonyl (C=O) groups excluding carboxylic acids is 1. The van der Waals surface area contributed by atoms with Gasteiger partial charge in [-0.05, 0) is 43.3 Å². The Labute approximate surface area is 129 Å². The van der Waals surface area contributed by atoms with Gasteiger partial charge in [0.1, 0.15) is 0 Å². The van der Waals surface area contributed by atoms with Crippen LogP contribution in [0.4, 0.5) is 0 Å². The molecule has 2 heterocycles. The van der Waals surface area contributed by atoms with E-state index in [2.05, 4.69) is 32.8 Å². The molecule has 1 aromatic rings. The number of rotatable bonds is 7. The summed E-state index contributed by atoms with van der Waals surface area (Å²) < 4.78 is 1.63. The van der Waals surface area contributed by atoms with E-state index < -0.39 is 0 Å². The number of hydrogen-bond acceptors (Lipinski definition) is 6. The molecule has 1 aliphatic rings. The second-order valence-corrected chi connectivity index (χ2v) is 6.51. The van der Waals surface area contributed by atoms with Gasteiger partial charge in [-0.3, -0.25) is 4.79 Å². The molecule has 1 atom stereocenters. The molecule has 8 heteroatoms. The molecule has 1 fully saturated rings. The van der Waals surface area contributed by atoms with Crippen molar-refractivity contribution in [3.63, 3.8) is 0 Å². The quantitative estimate of drug-likeness (QED) is 0.589. The number of thioether (sulfide) groups is 1. The monoisotopic (exact) mass is 312 g/mol. The summed E-state index contributed by atoms with van der Waals surface area (Å²) in [4.78, 5) is 14.2. The highest BCUT2D eigenvalue weighted by Gasteiger charge is 2.19. The van der Waals surface area contributed by atoms with Crippen LogP contribution in [0.1, 0.15) is 32.1 Å². The van der Waals surface area contributed by atoms with E-state index in [4.69, 9.17) is 0 Å². The second-order valence-electron chi connectivity index (χ2n) is 5.45. The van der Waals surface area contributed by atoms with Gasteiger partial charge in [-0.1, -0.05) is 18.2 Å². The lowest BCUT2D eigenvalue weighted by Crippen LogP contribution is -2.37. The first-order chi connectivity index (χ1) is 10.2. The molecule has 0 spiro atoms. The second kappa shape index (κ2) is 8.33. The van der Waals surface area contributed by atoms with E-state index in [9.17, 15) is 4.79 Å². The zero-order chi connectivity index (χ0) is 15.1. The number of hydrogen-bond donors (Lipinski definition) is 1. The zero-order valence-electron chi connectivity index (χ0n) is 12.8. The standard InChI is InChI=1S/C13H24N6OS/c1-18-9-4-3-5-11(18)6-7-12(20)14-8-10-21-13-15-16-17-19(13)2/h11H,3-10H2,1-2H3,(H,14,20). The van der Waals surface area contributed by atoms with Crippen molar-refractivity contribution in [2.24, 2.45) is 7.05 Å². The lowest BCUT2D eigenvalue weighted by atomic mass is 9.98. The van der Waals surface area contributed by atoms with Crippen molar-refractivity contribution in [1.29, 1.82) is 0 Å². The van der Waals surface area contributed by atoms with Gasteiger partial charge in [0, 0.05) is 31.8 Å². The number of nitrogens with zero attached hydrogens (tertiary/aromatic N) is 5. The third-order valence-corrected chi connectivity index (χ3v) is 4.88. The van der Waals surface area contributed by atoms with Crippen LogP contribution in [0.3, 0.4) is 0 Å². The maximum atomic E-state index is 11.8. The van der Waals surface area contributed by atoms with Gasteiger partial charge in [-0.2, -0.15) is 0 Å². The molecular formula is C13H24N6OS. The summed E-state index contributed by atoms with van der Waals surface area (Å²) in [6.07, 6.45) is 5.37. The van der Waals surface area contributed by atoms with E-state index in [1.165, 1.54) is 19.3 Å². The molecule has 0 aliphatic carbocycles. The Balaban J connectivity index is 1.56. The summed E-state index contributed by atoms with van der Waals surface area (Å²) in [5.41, 5.74) is 0. The molecule has 118 valence electrons. The van der Waals surface area contributed by atoms with Gasteiger partial charge >= 0.3 is 0 Å². The first-order valence-electron chi connectivity index (χ1n) is 7.49. The van der Waals surface area contributed by atoms with E-state index in [0.29, 0.717) is 19.0 Å². The Kier molecular flexibility index (Phi) is 6.44. The predicted molar refractivity (Wildman–Crippen MR) is 82.0 cm³/mol. The van der Waals surface area contributed by atoms with Crippen molar-refractivity contribution in [1.82, 2.24) is 30.4 Å². The first-order valence-corrected chi connectivity index (χ1v) is 8.47. The average Bonchev–Trinajstić information content (AvgIpc) is 2.88. The SMILES string of the molecule is CN1CCCCC1CCC(=O)NCCSc1nnnn1C. The maximum absolute atomic E-state index is 11.8. The molecule has 21 heavy (non-hydrogen) atoms. The summed E-state index contributed by atoms with van der Waals surface area (Å²) in [6.45, 7) is 1.81. The largest absolute Gasteiger partial charge is 0.355 e. The van der Waals surface area contributed by atoms with Gasteiger partial charge in [-0.25, -0.2) is 4.68 Å². The van der Waals surface area contributed by atoms with Gasteiger partial charge in [0.15, 0.2) is 0 Å². The Hall–Kier alpha value is -1.15. The highest BCUT2D eigenvalue weighted by molar-refractivity contribution is 7.99. The molecule has 1 saturated heterocycles. The van der Waals surface area contributed by atoms with Crippen LogP contribution in [-0.2, 0) is 11.8 Å². The normalized spacial score (nSPS) is 19.6. The lowest BCUT2D eigenvalue weighted by molar-refractivity contribution is -0.121. The molecule has 0 aromatic carbocycles. The van der Waals surface area contributed by atoms with Crippen LogP contribution >= 0.6 is 11.8 Å². The van der Waals surface area contributed by atoms with Crippen molar-refractivity contribution >= 4 is 17.7 Å². The molecule has 7 nitrogen and oxygen atoms in total. The van der Waals surface area contributed by atoms with E-state index in [-0.39, 0.29) is 5.91 Å². The van der Waals surface area contributed by atoms with Crippen molar-refractivity contribution < 1.29 is 4.79 Å². The van der Waals surface area contributed by atoms with Crippen LogP contribution in [0.5, 0.6) is 0 Å². The fraction of sp³-hybridized carbons (Fsp3) is 0.846. The van der Waals surface area contributed by atoms with E-state index >= 15 is 0 Å². The fourth-order valence-corrected chi connectivity index (χ4v) is 3.28. The number of carbonyl (C=O) groups is 1. The number of amides is 1. The molecule has 1 unspecified atom stereocenters. The minimum atomic E-state index is 0.144. The molecule has 1 N–H and O–H groups in total. The summed E-state index contributed by atoms with van der Waals surface area (Å²) >= 11 is 1.55. The summed E-state index contributed by atoms with van der Waals surface area (Å²) in [7, 11) is 3.97. The third kappa shape index (κ3) is 5.28. The van der Waals surface area contributed by atoms with E-state index in [0.717, 1.165) is 23.9 Å². The Morgan fingerprint density at radius 1 is 1.43 bits per heavy atom. The van der Waals surface area contributed by atoms with E-state index in [1.807, 2.05) is 7.05 Å². The van der Waals surface area contributed by atoms with Crippen molar-refractivity contribution in [2.45, 2.75) is 43.3 Å². The molecular weight excluding hydrogens is 288 g/mol. The average molecular weight is 312 g/mol. The Morgan fingerprint density at radius 3 is 3.00 bits per heavy atom. The van der Waals surface area contributed by atoms with Gasteiger partial charge in [-0.15, -0.1) is 5.10 Å². The molecule has 0 saturated carbocycles. The van der Waals surface area contributed by atoms with Crippen molar-refractivity contribution in [3.8, 4) is 0 Å². The minimum Gasteiger partial charge on any atom is -0.355 e. The summed E-state index contributed by atoms with van der Waals surface area (Å²) in [6, 6.07) is 0.573. The molecule has 1 aromatic heterocycles. The van der Waals surface area contributed by atoms with E-state index in [1.54, 1.807) is 16.4 Å². The molecule has 2 rings (SSSR count). The maximum Gasteiger partial charge on any atom is 0.220 e. The highest BCUT2D eigenvalue weighted by Crippen LogP contribution is 2.18. The van der Waals surface area contributed by atoms with Crippen LogP contribution < -0.4 is 5.32 Å². The number of likely N-dealkylation sites (tertiary alicyclic amines) is 1. The number of tetrazole rings is 1. The van der Waals surface area contributed by atoms with Gasteiger partial charge in [0.2, 0.25) is 11.1 Å². The number of nitrogens with one attached hydrogen (secondary N) is 1. The predicted octanol–water partition coefficient (Wildman–Crippen LogP) is 0.683. The zero-order valence-corrected chi connectivity index (χ0v) is 13.6. The number of piperidine rings is 1. The number of aryl methyl sites for hydroxylation is 1. The Bertz CT molecular complexity index is 452. The highest BCUT2D eigenvalue weighted by atomic mass is 32.2. The molecule has 0 bridgehead atoms. The van der Waals surface area contributed by atoms with Gasteiger partial charge in [0.05, 0.1) is 0 Å². The minimum absolute atomic E-state index is 0.144. The van der Waals surface area contributed by atoms with Crippen molar-refractivity contribution in [2.75, 3.05) is 25.9 Å². The molecule has 1 aliphatic heterocycles. The number of aromatic nitrogens is 4. The lowest BCUT2D eigenvalue weighted by Gasteiger charge is -2.32. The van der Waals surface area contributed by atoms with Crippen molar-refractivity contribution in [3.05, 3.63) is 0 Å². The van der Waals surface area contributed by atoms with Crippen LogP contribution in [0, 0.1) is 0 Å². The third-order valence-electron chi connectivity index (χ3n) is 3.86. The first kappa shape index (κ1) is 16.2. The molecule has 0 radical (unpaired) electrons. The Morgan fingerprint density at radius 2 is 2.29 bits per heavy atom. The fourth-order valence-electron chi connectivity index (χ4n) is 2.57.